The highest BCUT2D eigenvalue weighted by molar-refractivity contribution is 5.98. The van der Waals surface area contributed by atoms with Gasteiger partial charge in [-0.15, -0.1) is 0 Å². The van der Waals surface area contributed by atoms with Crippen molar-refractivity contribution in [2.75, 3.05) is 0 Å². The van der Waals surface area contributed by atoms with Gasteiger partial charge in [-0.3, -0.25) is 9.59 Å². The largest absolute Gasteiger partial charge is 0.462 e. The number of cyclic esters (lactones) is 1. The zero-order chi connectivity index (χ0) is 9.30. The Bertz CT molecular complexity index is 208. The van der Waals surface area contributed by atoms with Crippen molar-refractivity contribution in [1.82, 2.24) is 0 Å². The molecule has 0 amide bonds. The molecule has 0 bridgehead atoms. The number of Topliss-reactive ketones (excluding diaryl/α,β-unsaturated/α-hetero) is 1. The van der Waals surface area contributed by atoms with Crippen LogP contribution >= 0.6 is 0 Å². The first kappa shape index (κ1) is 9.23. The van der Waals surface area contributed by atoms with Crippen LogP contribution in [0.25, 0.3) is 0 Å². The first-order valence-electron chi connectivity index (χ1n) is 4.23. The summed E-state index contributed by atoms with van der Waals surface area (Å²) in [5.74, 6) is -0.625. The molecule has 0 aromatic rings. The lowest BCUT2D eigenvalue weighted by molar-refractivity contribution is -0.147. The van der Waals surface area contributed by atoms with Crippen LogP contribution in [0.5, 0.6) is 0 Å². The van der Waals surface area contributed by atoms with Crippen molar-refractivity contribution in [2.24, 2.45) is 11.8 Å². The molecule has 3 heteroatoms. The third kappa shape index (κ3) is 1.65. The summed E-state index contributed by atoms with van der Waals surface area (Å²) in [6.45, 7) is 5.41. The fourth-order valence-corrected chi connectivity index (χ4v) is 1.35. The minimum absolute atomic E-state index is 0.0635. The lowest BCUT2D eigenvalue weighted by Crippen LogP contribution is -2.15. The summed E-state index contributed by atoms with van der Waals surface area (Å²) < 4.78 is 5.04. The monoisotopic (exact) mass is 170 g/mol. The highest BCUT2D eigenvalue weighted by Crippen LogP contribution is 2.26. The Balaban J connectivity index is 2.62. The Morgan fingerprint density at radius 1 is 1.58 bits per heavy atom. The lowest BCUT2D eigenvalue weighted by atomic mass is 9.96. The summed E-state index contributed by atoms with van der Waals surface area (Å²) in [4.78, 5) is 22.0. The molecule has 0 aromatic heterocycles. The number of hydrogen-bond donors (Lipinski definition) is 0. The van der Waals surface area contributed by atoms with Crippen molar-refractivity contribution >= 4 is 11.8 Å². The fourth-order valence-electron chi connectivity index (χ4n) is 1.35. The predicted octanol–water partition coefficient (Wildman–Crippen LogP) is 1.16. The van der Waals surface area contributed by atoms with E-state index in [9.17, 15) is 9.59 Å². The molecule has 1 saturated heterocycles. The molecule has 2 atom stereocenters. The summed E-state index contributed by atoms with van der Waals surface area (Å²) in [5, 5.41) is 0. The zero-order valence-electron chi connectivity index (χ0n) is 7.66. The Morgan fingerprint density at radius 3 is 2.42 bits per heavy atom. The molecule has 0 aromatic carbocycles. The van der Waals surface area contributed by atoms with Crippen molar-refractivity contribution in [3.63, 3.8) is 0 Å². The van der Waals surface area contributed by atoms with Crippen LogP contribution in [0.2, 0.25) is 0 Å². The first-order valence-corrected chi connectivity index (χ1v) is 4.23. The molecule has 1 aliphatic heterocycles. The van der Waals surface area contributed by atoms with Crippen LogP contribution in [-0.2, 0) is 14.3 Å². The van der Waals surface area contributed by atoms with Gasteiger partial charge in [0, 0.05) is 6.42 Å². The van der Waals surface area contributed by atoms with Crippen molar-refractivity contribution in [2.45, 2.75) is 33.3 Å². The molecular weight excluding hydrogens is 156 g/mol. The molecule has 0 radical (unpaired) electrons. The second-order valence-electron chi connectivity index (χ2n) is 3.62. The highest BCUT2D eigenvalue weighted by atomic mass is 16.6. The van der Waals surface area contributed by atoms with Gasteiger partial charge in [0.15, 0.2) is 0 Å². The average Bonchev–Trinajstić information content (AvgIpc) is 2.30. The van der Waals surface area contributed by atoms with E-state index in [2.05, 4.69) is 0 Å². The number of carbonyl (C=O) groups excluding carboxylic acids is 2. The topological polar surface area (TPSA) is 43.4 Å². The smallest absolute Gasteiger partial charge is 0.316 e. The van der Waals surface area contributed by atoms with Crippen molar-refractivity contribution in [1.29, 1.82) is 0 Å². The minimum Gasteiger partial charge on any atom is -0.462 e. The van der Waals surface area contributed by atoms with Crippen molar-refractivity contribution < 1.29 is 14.3 Å². The Hall–Kier alpha value is -0.860. The van der Waals surface area contributed by atoms with Crippen LogP contribution in [0, 0.1) is 11.8 Å². The quantitative estimate of drug-likeness (QED) is 0.461. The fraction of sp³-hybridized carbons (Fsp3) is 0.778. The first-order chi connectivity index (χ1) is 5.52. The van der Waals surface area contributed by atoms with Gasteiger partial charge in [-0.1, -0.05) is 13.8 Å². The van der Waals surface area contributed by atoms with Gasteiger partial charge < -0.3 is 4.74 Å². The van der Waals surface area contributed by atoms with Gasteiger partial charge in [-0.2, -0.15) is 0 Å². The molecule has 0 aliphatic carbocycles. The van der Waals surface area contributed by atoms with E-state index in [1.165, 1.54) is 6.92 Å². The average molecular weight is 170 g/mol. The molecule has 0 unspecified atom stereocenters. The molecule has 12 heavy (non-hydrogen) atoms. The third-order valence-corrected chi connectivity index (χ3v) is 2.25. The molecule has 1 heterocycles. The summed E-state index contributed by atoms with van der Waals surface area (Å²) >= 11 is 0. The van der Waals surface area contributed by atoms with Crippen LogP contribution in [0.4, 0.5) is 0 Å². The lowest BCUT2D eigenvalue weighted by Gasteiger charge is -2.11. The van der Waals surface area contributed by atoms with Gasteiger partial charge in [0.1, 0.15) is 17.8 Å². The zero-order valence-corrected chi connectivity index (χ0v) is 7.66. The number of carbonyl (C=O) groups is 2. The summed E-state index contributed by atoms with van der Waals surface area (Å²) in [6.07, 6.45) is 0.498. The van der Waals surface area contributed by atoms with E-state index in [1.54, 1.807) is 0 Å². The van der Waals surface area contributed by atoms with Crippen LogP contribution in [0.15, 0.2) is 0 Å². The maximum Gasteiger partial charge on any atom is 0.316 e. The predicted molar refractivity (Wildman–Crippen MR) is 43.5 cm³/mol. The van der Waals surface area contributed by atoms with Crippen LogP contribution < -0.4 is 0 Å². The second kappa shape index (κ2) is 3.25. The molecule has 1 fully saturated rings. The molecule has 0 spiro atoms. The van der Waals surface area contributed by atoms with Gasteiger partial charge in [-0.25, -0.2) is 0 Å². The SMILES string of the molecule is CC(=O)[C@H]1C[C@@H](C(C)C)OC1=O. The van der Waals surface area contributed by atoms with Gasteiger partial charge in [0.05, 0.1) is 0 Å². The Labute approximate surface area is 72.1 Å². The van der Waals surface area contributed by atoms with Crippen LogP contribution in [0.1, 0.15) is 27.2 Å². The van der Waals surface area contributed by atoms with Gasteiger partial charge in [-0.05, 0) is 12.8 Å². The Morgan fingerprint density at radius 2 is 2.17 bits per heavy atom. The number of rotatable bonds is 2. The molecule has 68 valence electrons. The highest BCUT2D eigenvalue weighted by Gasteiger charge is 2.38. The van der Waals surface area contributed by atoms with E-state index in [1.807, 2.05) is 13.8 Å². The molecule has 0 N–H and O–H groups in total. The third-order valence-electron chi connectivity index (χ3n) is 2.25. The van der Waals surface area contributed by atoms with E-state index in [4.69, 9.17) is 4.74 Å². The van der Waals surface area contributed by atoms with E-state index >= 15 is 0 Å². The number of ketones is 1. The summed E-state index contributed by atoms with van der Waals surface area (Å²) in [6, 6.07) is 0. The second-order valence-corrected chi connectivity index (χ2v) is 3.62. The standard InChI is InChI=1S/C9H14O3/c1-5(2)8-4-7(6(3)10)9(11)12-8/h5,7-8H,4H2,1-3H3/t7-,8+/m1/s1. The van der Waals surface area contributed by atoms with Crippen molar-refractivity contribution in [3.05, 3.63) is 0 Å². The van der Waals surface area contributed by atoms with Crippen LogP contribution in [0.3, 0.4) is 0 Å². The van der Waals surface area contributed by atoms with Gasteiger partial charge in [0.25, 0.3) is 0 Å². The minimum atomic E-state index is -0.502. The van der Waals surface area contributed by atoms with Crippen LogP contribution in [-0.4, -0.2) is 17.9 Å². The van der Waals surface area contributed by atoms with Crippen molar-refractivity contribution in [3.8, 4) is 0 Å². The Kier molecular flexibility index (Phi) is 2.50. The normalized spacial score (nSPS) is 29.2. The summed E-state index contributed by atoms with van der Waals surface area (Å²) in [7, 11) is 0. The molecular formula is C9H14O3. The number of ether oxygens (including phenoxy) is 1. The van der Waals surface area contributed by atoms with E-state index < -0.39 is 5.92 Å². The maximum absolute atomic E-state index is 11.1. The molecule has 1 rings (SSSR count). The number of esters is 1. The van der Waals surface area contributed by atoms with Gasteiger partial charge >= 0.3 is 5.97 Å². The summed E-state index contributed by atoms with van der Waals surface area (Å²) in [5.41, 5.74) is 0. The maximum atomic E-state index is 11.1. The molecule has 0 saturated carbocycles. The van der Waals surface area contributed by atoms with Gasteiger partial charge in [0.2, 0.25) is 0 Å². The van der Waals surface area contributed by atoms with E-state index in [0.717, 1.165) is 0 Å². The molecule has 3 nitrogen and oxygen atoms in total. The van der Waals surface area contributed by atoms with E-state index in [0.29, 0.717) is 12.3 Å². The van der Waals surface area contributed by atoms with E-state index in [-0.39, 0.29) is 17.9 Å². The number of hydrogen-bond acceptors (Lipinski definition) is 3. The molecule has 1 aliphatic rings.